The molecule has 0 fully saturated rings. The second-order valence-electron chi connectivity index (χ2n) is 5.34. The summed E-state index contributed by atoms with van der Waals surface area (Å²) in [5.41, 5.74) is 4.13. The molecule has 5 heteroatoms. The van der Waals surface area contributed by atoms with Crippen LogP contribution in [0, 0.1) is 13.8 Å². The fourth-order valence-electron chi connectivity index (χ4n) is 2.14. The summed E-state index contributed by atoms with van der Waals surface area (Å²) in [4.78, 5) is 12.2. The maximum absolute atomic E-state index is 12.2. The van der Waals surface area contributed by atoms with Gasteiger partial charge < -0.3 is 9.84 Å². The number of carbonyl (C=O) groups is 1. The van der Waals surface area contributed by atoms with Crippen LogP contribution in [0.2, 0.25) is 5.02 Å². The van der Waals surface area contributed by atoms with Crippen LogP contribution in [0.1, 0.15) is 21.6 Å². The summed E-state index contributed by atoms with van der Waals surface area (Å²) in [6.07, 6.45) is 0. The van der Waals surface area contributed by atoms with Gasteiger partial charge in [0.2, 0.25) is 0 Å². The molecule has 1 N–H and O–H groups in total. The van der Waals surface area contributed by atoms with Crippen molar-refractivity contribution in [3.63, 3.8) is 0 Å². The summed E-state index contributed by atoms with van der Waals surface area (Å²) in [5, 5.41) is 7.21. The molecule has 0 spiro atoms. The number of amides is 1. The van der Waals surface area contributed by atoms with Crippen LogP contribution in [-0.4, -0.2) is 11.1 Å². The zero-order chi connectivity index (χ0) is 16.4. The summed E-state index contributed by atoms with van der Waals surface area (Å²) in [7, 11) is 0. The third-order valence-corrected chi connectivity index (χ3v) is 3.89. The number of hydrogen-bond acceptors (Lipinski definition) is 3. The average Bonchev–Trinajstić information content (AvgIpc) is 3.02. The molecule has 0 saturated carbocycles. The molecule has 23 heavy (non-hydrogen) atoms. The van der Waals surface area contributed by atoms with Crippen LogP contribution in [0.3, 0.4) is 0 Å². The van der Waals surface area contributed by atoms with E-state index in [1.54, 1.807) is 30.3 Å². The molecule has 3 aromatic rings. The zero-order valence-electron chi connectivity index (χ0n) is 12.8. The van der Waals surface area contributed by atoms with Crippen LogP contribution < -0.4 is 5.32 Å². The summed E-state index contributed by atoms with van der Waals surface area (Å²) < 4.78 is 5.29. The van der Waals surface area contributed by atoms with Gasteiger partial charge in [0, 0.05) is 22.3 Å². The predicted molar refractivity (Wildman–Crippen MR) is 90.8 cm³/mol. The van der Waals surface area contributed by atoms with Crippen molar-refractivity contribution in [1.82, 2.24) is 5.16 Å². The van der Waals surface area contributed by atoms with Gasteiger partial charge in [-0.05, 0) is 55.3 Å². The molecule has 4 nitrogen and oxygen atoms in total. The Morgan fingerprint density at radius 2 is 1.78 bits per heavy atom. The van der Waals surface area contributed by atoms with E-state index in [-0.39, 0.29) is 11.6 Å². The number of rotatable bonds is 3. The number of carbonyl (C=O) groups excluding carboxylic acids is 1. The van der Waals surface area contributed by atoms with Crippen molar-refractivity contribution in [2.45, 2.75) is 13.8 Å². The van der Waals surface area contributed by atoms with Crippen LogP contribution in [-0.2, 0) is 0 Å². The van der Waals surface area contributed by atoms with Crippen LogP contribution in [0.4, 0.5) is 5.69 Å². The molecule has 0 atom stereocenters. The van der Waals surface area contributed by atoms with Gasteiger partial charge in [0.1, 0.15) is 0 Å². The number of nitrogens with zero attached hydrogens (tertiary/aromatic N) is 1. The number of aryl methyl sites for hydroxylation is 2. The Morgan fingerprint density at radius 3 is 2.48 bits per heavy atom. The Morgan fingerprint density at radius 1 is 1.04 bits per heavy atom. The average molecular weight is 327 g/mol. The van der Waals surface area contributed by atoms with Crippen LogP contribution >= 0.6 is 11.6 Å². The Bertz CT molecular complexity index is 854. The predicted octanol–water partition coefficient (Wildman–Crippen LogP) is 4.86. The van der Waals surface area contributed by atoms with Crippen molar-refractivity contribution < 1.29 is 9.32 Å². The molecule has 0 radical (unpaired) electrons. The van der Waals surface area contributed by atoms with Gasteiger partial charge in [-0.15, -0.1) is 0 Å². The van der Waals surface area contributed by atoms with E-state index in [1.165, 1.54) is 5.56 Å². The van der Waals surface area contributed by atoms with Gasteiger partial charge in [-0.1, -0.05) is 28.9 Å². The first kappa shape index (κ1) is 15.3. The number of hydrogen-bond donors (Lipinski definition) is 1. The van der Waals surface area contributed by atoms with Crippen molar-refractivity contribution >= 4 is 23.2 Å². The smallest absolute Gasteiger partial charge is 0.277 e. The zero-order valence-corrected chi connectivity index (χ0v) is 13.5. The molecule has 0 saturated heterocycles. The van der Waals surface area contributed by atoms with Crippen molar-refractivity contribution in [1.29, 1.82) is 0 Å². The third kappa shape index (κ3) is 3.43. The minimum Gasteiger partial charge on any atom is -0.355 e. The molecule has 1 heterocycles. The number of nitrogens with one attached hydrogen (secondary N) is 1. The van der Waals surface area contributed by atoms with E-state index < -0.39 is 0 Å². The van der Waals surface area contributed by atoms with Crippen molar-refractivity contribution in [2.75, 3.05) is 5.32 Å². The van der Waals surface area contributed by atoms with E-state index in [2.05, 4.69) is 10.5 Å². The largest absolute Gasteiger partial charge is 0.355 e. The van der Waals surface area contributed by atoms with Crippen LogP contribution in [0.5, 0.6) is 0 Å². The molecule has 3 rings (SSSR count). The summed E-state index contributed by atoms with van der Waals surface area (Å²) >= 11 is 5.82. The maximum atomic E-state index is 12.2. The van der Waals surface area contributed by atoms with E-state index >= 15 is 0 Å². The molecule has 0 aliphatic rings. The third-order valence-electron chi connectivity index (χ3n) is 3.64. The van der Waals surface area contributed by atoms with E-state index in [4.69, 9.17) is 16.1 Å². The topological polar surface area (TPSA) is 55.1 Å². The monoisotopic (exact) mass is 326 g/mol. The second-order valence-corrected chi connectivity index (χ2v) is 5.77. The lowest BCUT2D eigenvalue weighted by Crippen LogP contribution is -2.11. The lowest BCUT2D eigenvalue weighted by Gasteiger charge is -2.02. The highest BCUT2D eigenvalue weighted by molar-refractivity contribution is 6.30. The van der Waals surface area contributed by atoms with Crippen molar-refractivity contribution in [3.05, 3.63) is 70.4 Å². The van der Waals surface area contributed by atoms with Crippen LogP contribution in [0.25, 0.3) is 11.3 Å². The molecule has 0 bridgehead atoms. The minimum atomic E-state index is -0.328. The number of halogens is 1. The molecular weight excluding hydrogens is 312 g/mol. The molecule has 0 aliphatic heterocycles. The fourth-order valence-corrected chi connectivity index (χ4v) is 2.27. The summed E-state index contributed by atoms with van der Waals surface area (Å²) in [5.74, 6) is 0.237. The van der Waals surface area contributed by atoms with Gasteiger partial charge >= 0.3 is 0 Å². The molecule has 0 aliphatic carbocycles. The first-order chi connectivity index (χ1) is 11.0. The molecule has 1 aromatic heterocycles. The minimum absolute atomic E-state index is 0.230. The van der Waals surface area contributed by atoms with Gasteiger partial charge in [-0.3, -0.25) is 4.79 Å². The first-order valence-corrected chi connectivity index (χ1v) is 7.52. The van der Waals surface area contributed by atoms with Crippen LogP contribution in [0.15, 0.2) is 53.1 Å². The van der Waals surface area contributed by atoms with Gasteiger partial charge in [-0.2, -0.15) is 0 Å². The van der Waals surface area contributed by atoms with E-state index in [0.717, 1.165) is 11.1 Å². The maximum Gasteiger partial charge on any atom is 0.277 e. The summed E-state index contributed by atoms with van der Waals surface area (Å²) in [6, 6.07) is 14.5. The molecule has 116 valence electrons. The number of anilines is 1. The molecule has 1 amide bonds. The summed E-state index contributed by atoms with van der Waals surface area (Å²) in [6.45, 7) is 4.08. The standard InChI is InChI=1S/C18H15ClN2O2/c1-11-3-4-13(9-12(11)2)17-10-16(21-23-17)18(22)20-15-7-5-14(19)6-8-15/h3-10H,1-2H3,(H,20,22). The quantitative estimate of drug-likeness (QED) is 0.747. The van der Waals surface area contributed by atoms with E-state index in [0.29, 0.717) is 16.5 Å². The highest BCUT2D eigenvalue weighted by Gasteiger charge is 2.14. The fraction of sp³-hybridized carbons (Fsp3) is 0.111. The SMILES string of the molecule is Cc1ccc(-c2cc(C(=O)Nc3ccc(Cl)cc3)no2)cc1C. The van der Waals surface area contributed by atoms with Gasteiger partial charge in [0.05, 0.1) is 0 Å². The van der Waals surface area contributed by atoms with E-state index in [9.17, 15) is 4.79 Å². The van der Waals surface area contributed by atoms with Gasteiger partial charge in [0.25, 0.3) is 5.91 Å². The lowest BCUT2D eigenvalue weighted by atomic mass is 10.0. The number of benzene rings is 2. The number of aromatic nitrogens is 1. The normalized spacial score (nSPS) is 10.6. The Hall–Kier alpha value is -2.59. The Labute approximate surface area is 139 Å². The molecular formula is C18H15ClN2O2. The Balaban J connectivity index is 1.79. The molecule has 2 aromatic carbocycles. The first-order valence-electron chi connectivity index (χ1n) is 7.14. The second kappa shape index (κ2) is 6.26. The highest BCUT2D eigenvalue weighted by Crippen LogP contribution is 2.23. The lowest BCUT2D eigenvalue weighted by molar-refractivity contribution is 0.101. The van der Waals surface area contributed by atoms with Crippen molar-refractivity contribution in [2.24, 2.45) is 0 Å². The van der Waals surface area contributed by atoms with Crippen molar-refractivity contribution in [3.8, 4) is 11.3 Å². The Kier molecular flexibility index (Phi) is 4.17. The van der Waals surface area contributed by atoms with Gasteiger partial charge in [-0.25, -0.2) is 0 Å². The highest BCUT2D eigenvalue weighted by atomic mass is 35.5. The molecule has 0 unspecified atom stereocenters. The van der Waals surface area contributed by atoms with E-state index in [1.807, 2.05) is 32.0 Å². The van der Waals surface area contributed by atoms with Gasteiger partial charge in [0.15, 0.2) is 11.5 Å².